The average molecular weight is 237 g/mol. The van der Waals surface area contributed by atoms with Crippen LogP contribution in [0.15, 0.2) is 12.1 Å². The molecular formula is C9H14Cl2N2O. The summed E-state index contributed by atoms with van der Waals surface area (Å²) in [6, 6.07) is 3.07. The van der Waals surface area contributed by atoms with Gasteiger partial charge in [-0.1, -0.05) is 32.4 Å². The van der Waals surface area contributed by atoms with Crippen molar-refractivity contribution in [3.05, 3.63) is 28.3 Å². The summed E-state index contributed by atoms with van der Waals surface area (Å²) in [6.45, 7) is 5.85. The lowest BCUT2D eigenvalue weighted by Crippen LogP contribution is -2.27. The van der Waals surface area contributed by atoms with Crippen LogP contribution in [0.1, 0.15) is 26.5 Å². The quantitative estimate of drug-likeness (QED) is 0.669. The van der Waals surface area contributed by atoms with Gasteiger partial charge in [0.05, 0.1) is 5.69 Å². The molecule has 1 heterocycles. The Morgan fingerprint density at radius 2 is 1.86 bits per heavy atom. The number of hydrogen-bond acceptors (Lipinski definition) is 2. The zero-order valence-electron chi connectivity index (χ0n) is 8.34. The van der Waals surface area contributed by atoms with Crippen molar-refractivity contribution < 1.29 is 5.21 Å². The van der Waals surface area contributed by atoms with Crippen molar-refractivity contribution in [3.63, 3.8) is 0 Å². The Balaban J connectivity index is 0.00000169. The van der Waals surface area contributed by atoms with Gasteiger partial charge in [0.25, 0.3) is 0 Å². The van der Waals surface area contributed by atoms with E-state index in [4.69, 9.17) is 17.0 Å². The van der Waals surface area contributed by atoms with Gasteiger partial charge in [-0.15, -0.1) is 12.4 Å². The number of nitrogens with one attached hydrogen (secondary N) is 1. The van der Waals surface area contributed by atoms with E-state index in [0.29, 0.717) is 10.7 Å². The molecule has 1 aromatic rings. The van der Waals surface area contributed by atoms with Crippen LogP contribution in [0.5, 0.6) is 0 Å². The van der Waals surface area contributed by atoms with Gasteiger partial charge in [0.1, 0.15) is 0 Å². The third-order valence-corrected chi connectivity index (χ3v) is 1.99. The lowest BCUT2D eigenvalue weighted by molar-refractivity contribution is 0.150. The highest BCUT2D eigenvalue weighted by Gasteiger charge is 2.18. The Hall–Kier alpha value is -0.670. The fraction of sp³-hybridized carbons (Fsp3) is 0.444. The highest BCUT2D eigenvalue weighted by Crippen LogP contribution is 2.22. The highest BCUT2D eigenvalue weighted by molar-refractivity contribution is 6.30. The molecule has 0 unspecified atom stereocenters. The molecule has 0 aliphatic carbocycles. The van der Waals surface area contributed by atoms with Gasteiger partial charge in [0, 0.05) is 16.5 Å². The summed E-state index contributed by atoms with van der Waals surface area (Å²) in [6.07, 6.45) is 0. The fourth-order valence-corrected chi connectivity index (χ4v) is 1.30. The van der Waals surface area contributed by atoms with Crippen molar-refractivity contribution in [1.82, 2.24) is 4.73 Å². The van der Waals surface area contributed by atoms with Crippen LogP contribution < -0.4 is 5.49 Å². The first kappa shape index (κ1) is 13.3. The first-order chi connectivity index (χ1) is 5.82. The van der Waals surface area contributed by atoms with E-state index < -0.39 is 0 Å². The minimum Gasteiger partial charge on any atom is -0.427 e. The molecule has 0 amide bonds. The van der Waals surface area contributed by atoms with Crippen LogP contribution in [0.4, 0.5) is 0 Å². The summed E-state index contributed by atoms with van der Waals surface area (Å²) in [5, 5.41) is 17.4. The molecule has 2 N–H and O–H groups in total. The third kappa shape index (κ3) is 2.66. The van der Waals surface area contributed by atoms with E-state index in [1.54, 1.807) is 6.07 Å². The van der Waals surface area contributed by atoms with E-state index in [1.165, 1.54) is 6.07 Å². The molecule has 0 aliphatic heterocycles. The van der Waals surface area contributed by atoms with Gasteiger partial charge in [-0.25, -0.2) is 0 Å². The molecule has 5 heteroatoms. The van der Waals surface area contributed by atoms with Crippen molar-refractivity contribution in [1.29, 1.82) is 5.41 Å². The second-order valence-corrected chi connectivity index (χ2v) is 4.44. The number of pyridine rings is 1. The van der Waals surface area contributed by atoms with E-state index in [0.717, 1.165) is 4.73 Å². The number of hydrogen-bond donors (Lipinski definition) is 2. The second kappa shape index (κ2) is 4.24. The Morgan fingerprint density at radius 3 is 2.29 bits per heavy atom. The maximum Gasteiger partial charge on any atom is 0.162 e. The number of rotatable bonds is 0. The van der Waals surface area contributed by atoms with Crippen LogP contribution in [0.3, 0.4) is 0 Å². The smallest absolute Gasteiger partial charge is 0.162 e. The largest absolute Gasteiger partial charge is 0.427 e. The van der Waals surface area contributed by atoms with Crippen molar-refractivity contribution in [2.75, 3.05) is 0 Å². The van der Waals surface area contributed by atoms with Crippen molar-refractivity contribution in [2.24, 2.45) is 0 Å². The first-order valence-corrected chi connectivity index (χ1v) is 4.37. The Kier molecular flexibility index (Phi) is 4.03. The fourth-order valence-electron chi connectivity index (χ4n) is 1.09. The monoisotopic (exact) mass is 236 g/mol. The summed E-state index contributed by atoms with van der Waals surface area (Å²) in [5.41, 5.74) is 0.401. The molecule has 80 valence electrons. The molecule has 0 fully saturated rings. The zero-order chi connectivity index (χ0) is 10.2. The molecule has 14 heavy (non-hydrogen) atoms. The van der Waals surface area contributed by atoms with Crippen LogP contribution in [0.2, 0.25) is 5.02 Å². The molecule has 1 aromatic heterocycles. The molecule has 0 aliphatic rings. The predicted molar refractivity (Wildman–Crippen MR) is 58.4 cm³/mol. The molecule has 0 aromatic carbocycles. The number of aromatic nitrogens is 1. The SMILES string of the molecule is CC(C)(C)c1cc(Cl)cc(=N)n1O.Cl. The minimum absolute atomic E-state index is 0. The molecule has 0 radical (unpaired) electrons. The summed E-state index contributed by atoms with van der Waals surface area (Å²) < 4.78 is 0.853. The minimum atomic E-state index is -0.227. The Bertz CT molecular complexity index is 379. The average Bonchev–Trinajstić information content (AvgIpc) is 1.94. The molecule has 0 saturated carbocycles. The van der Waals surface area contributed by atoms with Crippen LogP contribution in [0, 0.1) is 5.41 Å². The molecule has 0 saturated heterocycles. The van der Waals surface area contributed by atoms with E-state index in [9.17, 15) is 5.21 Å². The van der Waals surface area contributed by atoms with Gasteiger partial charge in [-0.05, 0) is 6.07 Å². The Labute approximate surface area is 94.2 Å². The van der Waals surface area contributed by atoms with Crippen molar-refractivity contribution in [3.8, 4) is 0 Å². The summed E-state index contributed by atoms with van der Waals surface area (Å²) in [7, 11) is 0. The van der Waals surface area contributed by atoms with Gasteiger partial charge in [-0.3, -0.25) is 5.41 Å². The summed E-state index contributed by atoms with van der Waals surface area (Å²) >= 11 is 5.78. The van der Waals surface area contributed by atoms with Crippen LogP contribution in [0.25, 0.3) is 0 Å². The van der Waals surface area contributed by atoms with E-state index in [-0.39, 0.29) is 23.3 Å². The third-order valence-electron chi connectivity index (χ3n) is 1.77. The number of halogens is 2. The zero-order valence-corrected chi connectivity index (χ0v) is 9.91. The Morgan fingerprint density at radius 1 is 1.36 bits per heavy atom. The normalized spacial score (nSPS) is 10.9. The van der Waals surface area contributed by atoms with Gasteiger partial charge < -0.3 is 5.21 Å². The van der Waals surface area contributed by atoms with Gasteiger partial charge in [0.2, 0.25) is 0 Å². The summed E-state index contributed by atoms with van der Waals surface area (Å²) in [4.78, 5) is 0. The van der Waals surface area contributed by atoms with E-state index in [2.05, 4.69) is 0 Å². The molecule has 0 spiro atoms. The van der Waals surface area contributed by atoms with Gasteiger partial charge in [0.15, 0.2) is 5.49 Å². The second-order valence-electron chi connectivity index (χ2n) is 4.01. The predicted octanol–water partition coefficient (Wildman–Crippen LogP) is 2.58. The molecule has 0 bridgehead atoms. The van der Waals surface area contributed by atoms with Crippen LogP contribution >= 0.6 is 24.0 Å². The van der Waals surface area contributed by atoms with Crippen LogP contribution in [-0.4, -0.2) is 9.94 Å². The molecular weight excluding hydrogens is 223 g/mol. The summed E-state index contributed by atoms with van der Waals surface area (Å²) in [5.74, 6) is 0. The van der Waals surface area contributed by atoms with Gasteiger partial charge >= 0.3 is 0 Å². The maximum absolute atomic E-state index is 9.53. The standard InChI is InChI=1S/C9H13ClN2O.ClH/c1-9(2,3)7-4-6(10)5-8(11)12(7)13;/h4-5,11,13H,1-3H3;1H. The highest BCUT2D eigenvalue weighted by atomic mass is 35.5. The maximum atomic E-state index is 9.53. The van der Waals surface area contributed by atoms with Crippen molar-refractivity contribution >= 4 is 24.0 Å². The number of nitrogens with zero attached hydrogens (tertiary/aromatic N) is 1. The lowest BCUT2D eigenvalue weighted by Gasteiger charge is -2.21. The molecule has 0 atom stereocenters. The molecule has 3 nitrogen and oxygen atoms in total. The topological polar surface area (TPSA) is 49.0 Å². The lowest BCUT2D eigenvalue weighted by atomic mass is 9.91. The van der Waals surface area contributed by atoms with E-state index >= 15 is 0 Å². The van der Waals surface area contributed by atoms with Crippen molar-refractivity contribution in [2.45, 2.75) is 26.2 Å². The first-order valence-electron chi connectivity index (χ1n) is 3.99. The van der Waals surface area contributed by atoms with E-state index in [1.807, 2.05) is 20.8 Å². The molecule has 1 rings (SSSR count). The van der Waals surface area contributed by atoms with Gasteiger partial charge in [-0.2, -0.15) is 4.73 Å². The van der Waals surface area contributed by atoms with Crippen LogP contribution in [-0.2, 0) is 5.41 Å².